The molecule has 2 amide bonds. The van der Waals surface area contributed by atoms with Gasteiger partial charge in [0.1, 0.15) is 0 Å². The van der Waals surface area contributed by atoms with Crippen molar-refractivity contribution >= 4 is 11.8 Å². The molecular weight excluding hydrogens is 220 g/mol. The SMILES string of the molecule is CC(O)CN1C(=O)CC2(CCN(C)CC2)C1=O. The molecule has 96 valence electrons. The second kappa shape index (κ2) is 4.38. The number of carbonyl (C=O) groups is 2. The summed E-state index contributed by atoms with van der Waals surface area (Å²) in [5.74, 6) is -0.197. The summed E-state index contributed by atoms with van der Waals surface area (Å²) in [4.78, 5) is 27.6. The fraction of sp³-hybridized carbons (Fsp3) is 0.833. The third kappa shape index (κ3) is 2.21. The van der Waals surface area contributed by atoms with E-state index in [0.29, 0.717) is 6.42 Å². The van der Waals surface area contributed by atoms with Crippen LogP contribution in [-0.4, -0.2) is 59.5 Å². The van der Waals surface area contributed by atoms with Gasteiger partial charge in [-0.3, -0.25) is 14.5 Å². The van der Waals surface area contributed by atoms with Crippen molar-refractivity contribution in [2.75, 3.05) is 26.7 Å². The van der Waals surface area contributed by atoms with E-state index < -0.39 is 11.5 Å². The first-order valence-electron chi connectivity index (χ1n) is 6.16. The third-order valence-electron chi connectivity index (χ3n) is 3.88. The minimum absolute atomic E-state index is 0.0727. The molecule has 1 unspecified atom stereocenters. The van der Waals surface area contributed by atoms with Gasteiger partial charge in [0.15, 0.2) is 0 Å². The van der Waals surface area contributed by atoms with Crippen LogP contribution < -0.4 is 0 Å². The molecule has 2 fully saturated rings. The smallest absolute Gasteiger partial charge is 0.236 e. The van der Waals surface area contributed by atoms with Crippen molar-refractivity contribution in [3.63, 3.8) is 0 Å². The maximum Gasteiger partial charge on any atom is 0.236 e. The van der Waals surface area contributed by atoms with Gasteiger partial charge in [0.2, 0.25) is 11.8 Å². The van der Waals surface area contributed by atoms with Gasteiger partial charge in [-0.05, 0) is 39.9 Å². The van der Waals surface area contributed by atoms with E-state index in [0.717, 1.165) is 25.9 Å². The van der Waals surface area contributed by atoms with Crippen molar-refractivity contribution in [3.05, 3.63) is 0 Å². The average Bonchev–Trinajstić information content (AvgIpc) is 2.48. The number of aliphatic hydroxyl groups excluding tert-OH is 1. The molecule has 0 aromatic carbocycles. The van der Waals surface area contributed by atoms with Crippen LogP contribution in [0.2, 0.25) is 0 Å². The van der Waals surface area contributed by atoms with E-state index in [2.05, 4.69) is 4.90 Å². The molecule has 2 rings (SSSR count). The normalized spacial score (nSPS) is 26.9. The molecule has 0 bridgehead atoms. The van der Waals surface area contributed by atoms with E-state index in [1.54, 1.807) is 6.92 Å². The van der Waals surface area contributed by atoms with Gasteiger partial charge >= 0.3 is 0 Å². The monoisotopic (exact) mass is 240 g/mol. The van der Waals surface area contributed by atoms with E-state index in [9.17, 15) is 14.7 Å². The molecule has 1 atom stereocenters. The number of aliphatic hydroxyl groups is 1. The van der Waals surface area contributed by atoms with E-state index >= 15 is 0 Å². The Morgan fingerprint density at radius 1 is 1.35 bits per heavy atom. The van der Waals surface area contributed by atoms with Crippen LogP contribution >= 0.6 is 0 Å². The maximum absolute atomic E-state index is 12.3. The highest BCUT2D eigenvalue weighted by molar-refractivity contribution is 6.06. The fourth-order valence-corrected chi connectivity index (χ4v) is 2.75. The van der Waals surface area contributed by atoms with Crippen molar-refractivity contribution < 1.29 is 14.7 Å². The second-order valence-electron chi connectivity index (χ2n) is 5.42. The Hall–Kier alpha value is -0.940. The molecule has 2 aliphatic rings. The number of likely N-dealkylation sites (tertiary alicyclic amines) is 2. The lowest BCUT2D eigenvalue weighted by Gasteiger charge is -2.35. The number of piperidine rings is 1. The van der Waals surface area contributed by atoms with E-state index in [4.69, 9.17) is 0 Å². The summed E-state index contributed by atoms with van der Waals surface area (Å²) in [5.41, 5.74) is -0.474. The van der Waals surface area contributed by atoms with E-state index in [-0.39, 0.29) is 18.4 Å². The molecule has 5 nitrogen and oxygen atoms in total. The zero-order valence-corrected chi connectivity index (χ0v) is 10.5. The molecule has 0 aliphatic carbocycles. The van der Waals surface area contributed by atoms with Crippen molar-refractivity contribution in [2.24, 2.45) is 5.41 Å². The highest BCUT2D eigenvalue weighted by Crippen LogP contribution is 2.41. The highest BCUT2D eigenvalue weighted by atomic mass is 16.3. The number of nitrogens with zero attached hydrogens (tertiary/aromatic N) is 2. The number of imide groups is 1. The minimum Gasteiger partial charge on any atom is -0.392 e. The molecule has 1 spiro atoms. The van der Waals surface area contributed by atoms with Crippen LogP contribution in [0.3, 0.4) is 0 Å². The Balaban J connectivity index is 2.12. The minimum atomic E-state index is -0.649. The molecule has 17 heavy (non-hydrogen) atoms. The Kier molecular flexibility index (Phi) is 3.23. The maximum atomic E-state index is 12.3. The van der Waals surface area contributed by atoms with Gasteiger partial charge < -0.3 is 10.0 Å². The topological polar surface area (TPSA) is 60.9 Å². The van der Waals surface area contributed by atoms with Crippen molar-refractivity contribution in [2.45, 2.75) is 32.3 Å². The lowest BCUT2D eigenvalue weighted by molar-refractivity contribution is -0.143. The van der Waals surface area contributed by atoms with Crippen LogP contribution in [0, 0.1) is 5.41 Å². The number of β-amino-alcohol motifs (C(OH)–C–C–N with tert-alkyl or cyclic N) is 1. The first kappa shape index (κ1) is 12.5. The molecule has 0 saturated carbocycles. The molecule has 2 saturated heterocycles. The van der Waals surface area contributed by atoms with Crippen molar-refractivity contribution in [1.82, 2.24) is 9.80 Å². The highest BCUT2D eigenvalue weighted by Gasteiger charge is 2.52. The summed E-state index contributed by atoms with van der Waals surface area (Å²) in [6, 6.07) is 0. The molecule has 0 radical (unpaired) electrons. The summed E-state index contributed by atoms with van der Waals surface area (Å²) in [7, 11) is 2.03. The van der Waals surface area contributed by atoms with Gasteiger partial charge in [-0.25, -0.2) is 0 Å². The quantitative estimate of drug-likeness (QED) is 0.681. The summed E-state index contributed by atoms with van der Waals surface area (Å²) >= 11 is 0. The number of carbonyl (C=O) groups excluding carboxylic acids is 2. The summed E-state index contributed by atoms with van der Waals surface area (Å²) in [6.07, 6.45) is 1.19. The Morgan fingerprint density at radius 3 is 2.47 bits per heavy atom. The van der Waals surface area contributed by atoms with Gasteiger partial charge in [-0.2, -0.15) is 0 Å². The lowest BCUT2D eigenvalue weighted by Crippen LogP contribution is -2.44. The van der Waals surface area contributed by atoms with Crippen LogP contribution in [-0.2, 0) is 9.59 Å². The number of amides is 2. The van der Waals surface area contributed by atoms with E-state index in [1.807, 2.05) is 7.05 Å². The third-order valence-corrected chi connectivity index (χ3v) is 3.88. The zero-order chi connectivity index (χ0) is 12.6. The molecule has 0 aromatic heterocycles. The predicted octanol–water partition coefficient (Wildman–Crippen LogP) is -0.162. The first-order valence-corrected chi connectivity index (χ1v) is 6.16. The number of hydrogen-bond acceptors (Lipinski definition) is 4. The molecular formula is C12H20N2O3. The van der Waals surface area contributed by atoms with Crippen molar-refractivity contribution in [1.29, 1.82) is 0 Å². The van der Waals surface area contributed by atoms with Crippen LogP contribution in [0.25, 0.3) is 0 Å². The summed E-state index contributed by atoms with van der Waals surface area (Å²) in [5, 5.41) is 9.32. The Labute approximate surface area is 101 Å². The molecule has 1 N–H and O–H groups in total. The average molecular weight is 240 g/mol. The molecule has 0 aromatic rings. The summed E-state index contributed by atoms with van der Waals surface area (Å²) in [6.45, 7) is 3.46. The second-order valence-corrected chi connectivity index (χ2v) is 5.42. The largest absolute Gasteiger partial charge is 0.392 e. The first-order chi connectivity index (χ1) is 7.94. The van der Waals surface area contributed by atoms with Gasteiger partial charge in [-0.1, -0.05) is 0 Å². The Bertz CT molecular complexity index is 333. The molecule has 5 heteroatoms. The predicted molar refractivity (Wildman–Crippen MR) is 62.2 cm³/mol. The van der Waals surface area contributed by atoms with Crippen LogP contribution in [0.1, 0.15) is 26.2 Å². The van der Waals surface area contributed by atoms with Gasteiger partial charge in [0.05, 0.1) is 18.1 Å². The number of hydrogen-bond donors (Lipinski definition) is 1. The van der Waals surface area contributed by atoms with Crippen LogP contribution in [0.5, 0.6) is 0 Å². The molecule has 2 aliphatic heterocycles. The lowest BCUT2D eigenvalue weighted by atomic mass is 9.77. The van der Waals surface area contributed by atoms with Gasteiger partial charge in [-0.15, -0.1) is 0 Å². The number of rotatable bonds is 2. The Morgan fingerprint density at radius 2 is 1.94 bits per heavy atom. The zero-order valence-electron chi connectivity index (χ0n) is 10.5. The van der Waals surface area contributed by atoms with Crippen molar-refractivity contribution in [3.8, 4) is 0 Å². The van der Waals surface area contributed by atoms with Crippen LogP contribution in [0.4, 0.5) is 0 Å². The van der Waals surface area contributed by atoms with Crippen LogP contribution in [0.15, 0.2) is 0 Å². The standard InChI is InChI=1S/C12H20N2O3/c1-9(15)8-14-10(16)7-12(11(14)17)3-5-13(2)6-4-12/h9,15H,3-8H2,1-2H3. The fourth-order valence-electron chi connectivity index (χ4n) is 2.75. The van der Waals surface area contributed by atoms with Gasteiger partial charge in [0, 0.05) is 6.42 Å². The van der Waals surface area contributed by atoms with E-state index in [1.165, 1.54) is 4.90 Å². The van der Waals surface area contributed by atoms with Gasteiger partial charge in [0.25, 0.3) is 0 Å². The molecule has 2 heterocycles. The summed E-state index contributed by atoms with van der Waals surface area (Å²) < 4.78 is 0.